The molecule has 152 valence electrons. The fraction of sp³-hybridized carbons (Fsp3) is 0. The van der Waals surface area contributed by atoms with Crippen molar-refractivity contribution in [3.8, 4) is 33.4 Å². The third-order valence-electron chi connectivity index (χ3n) is 5.48. The average molecular weight is 437 g/mol. The summed E-state index contributed by atoms with van der Waals surface area (Å²) >= 11 is 6.15. The lowest BCUT2D eigenvalue weighted by molar-refractivity contribution is 0.669. The van der Waals surface area contributed by atoms with Crippen LogP contribution >= 0.6 is 11.6 Å². The van der Waals surface area contributed by atoms with Gasteiger partial charge in [0.2, 0.25) is 0 Å². The summed E-state index contributed by atoms with van der Waals surface area (Å²) in [6.45, 7) is 0. The van der Waals surface area contributed by atoms with Gasteiger partial charge in [-0.3, -0.25) is 0 Å². The Bertz CT molecular complexity index is 1820. The number of furan rings is 1. The summed E-state index contributed by atoms with van der Waals surface area (Å²) in [7, 11) is 0. The van der Waals surface area contributed by atoms with E-state index in [0.717, 1.165) is 22.3 Å². The second-order valence-corrected chi connectivity index (χ2v) is 7.86. The molecule has 2 heteroatoms. The van der Waals surface area contributed by atoms with Crippen molar-refractivity contribution in [3.63, 3.8) is 0 Å². The van der Waals surface area contributed by atoms with Gasteiger partial charge in [0.05, 0.1) is 8.22 Å². The van der Waals surface area contributed by atoms with Crippen molar-refractivity contribution in [2.24, 2.45) is 0 Å². The number of halogens is 1. The van der Waals surface area contributed by atoms with E-state index >= 15 is 0 Å². The Morgan fingerprint density at radius 3 is 1.91 bits per heavy atom. The normalized spacial score (nSPS) is 13.9. The van der Waals surface area contributed by atoms with E-state index in [9.17, 15) is 0 Å². The lowest BCUT2D eigenvalue weighted by atomic mass is 9.91. The van der Waals surface area contributed by atoms with Gasteiger partial charge in [-0.15, -0.1) is 0 Å². The first-order valence-electron chi connectivity index (χ1n) is 13.2. The zero-order valence-corrected chi connectivity index (χ0v) is 17.5. The molecule has 0 saturated heterocycles. The Morgan fingerprint density at radius 1 is 0.625 bits per heavy atom. The summed E-state index contributed by atoms with van der Waals surface area (Å²) in [6, 6.07) is 23.8. The van der Waals surface area contributed by atoms with E-state index in [0.29, 0.717) is 11.1 Å². The van der Waals surface area contributed by atoms with Gasteiger partial charge in [-0.05, 0) is 69.7 Å². The van der Waals surface area contributed by atoms with Crippen molar-refractivity contribution in [1.82, 2.24) is 0 Å². The van der Waals surface area contributed by atoms with Crippen LogP contribution in [-0.2, 0) is 0 Å². The van der Waals surface area contributed by atoms with Gasteiger partial charge >= 0.3 is 0 Å². The van der Waals surface area contributed by atoms with Crippen molar-refractivity contribution in [2.75, 3.05) is 0 Å². The van der Waals surface area contributed by atoms with E-state index in [1.807, 2.05) is 72.8 Å². The van der Waals surface area contributed by atoms with Gasteiger partial charge in [0, 0.05) is 21.8 Å². The molecule has 0 saturated carbocycles. The molecule has 6 rings (SSSR count). The van der Waals surface area contributed by atoms with Crippen LogP contribution < -0.4 is 0 Å². The van der Waals surface area contributed by atoms with Crippen LogP contribution in [0.4, 0.5) is 0 Å². The molecular formula is C30H19ClO. The third-order valence-corrected chi connectivity index (χ3v) is 5.67. The van der Waals surface area contributed by atoms with Gasteiger partial charge in [0.15, 0.2) is 0 Å². The minimum absolute atomic E-state index is 0.00829. The molecule has 0 aliphatic heterocycles. The van der Waals surface area contributed by atoms with Crippen LogP contribution in [0.5, 0.6) is 0 Å². The van der Waals surface area contributed by atoms with Gasteiger partial charge in [-0.1, -0.05) is 84.3 Å². The van der Waals surface area contributed by atoms with E-state index in [2.05, 4.69) is 6.07 Å². The number of hydrogen-bond acceptors (Lipinski definition) is 1. The van der Waals surface area contributed by atoms with Crippen molar-refractivity contribution in [2.45, 2.75) is 0 Å². The minimum Gasteiger partial charge on any atom is -0.456 e. The Morgan fingerprint density at radius 2 is 1.25 bits per heavy atom. The maximum absolute atomic E-state index is 8.91. The third kappa shape index (κ3) is 3.28. The zero-order chi connectivity index (χ0) is 26.7. The fourth-order valence-electron chi connectivity index (χ4n) is 4.01. The van der Waals surface area contributed by atoms with Crippen molar-refractivity contribution in [3.05, 3.63) is 120 Å². The standard InChI is InChI=1S/C30H19ClO/c31-25-14-15-27-29(19-25)32-28-13-7-12-26(30(27)28)24-17-22(20-8-3-1-4-9-20)16-23(18-24)21-10-5-2-6-11-21/h1-19H/i7D,12D,13D,14D,15D,19D. The van der Waals surface area contributed by atoms with Crippen LogP contribution in [0.2, 0.25) is 5.02 Å². The topological polar surface area (TPSA) is 13.1 Å². The van der Waals surface area contributed by atoms with Crippen LogP contribution in [0.1, 0.15) is 8.22 Å². The van der Waals surface area contributed by atoms with Crippen LogP contribution in [-0.4, -0.2) is 0 Å². The molecule has 0 atom stereocenters. The van der Waals surface area contributed by atoms with Crippen LogP contribution in [0.25, 0.3) is 55.3 Å². The number of fused-ring (bicyclic) bond motifs is 3. The molecule has 0 aliphatic rings. The Kier molecular flexibility index (Phi) is 3.27. The summed E-state index contributed by atoms with van der Waals surface area (Å²) in [5.74, 6) is 0. The van der Waals surface area contributed by atoms with Crippen LogP contribution in [0.15, 0.2) is 120 Å². The molecule has 0 amide bonds. The molecule has 0 unspecified atom stereocenters. The molecule has 5 aromatic carbocycles. The van der Waals surface area contributed by atoms with Crippen molar-refractivity contribution < 1.29 is 12.6 Å². The Labute approximate surface area is 199 Å². The van der Waals surface area contributed by atoms with Crippen molar-refractivity contribution in [1.29, 1.82) is 0 Å². The first kappa shape index (κ1) is 13.6. The van der Waals surface area contributed by atoms with Gasteiger partial charge in [-0.25, -0.2) is 0 Å². The molecule has 0 fully saturated rings. The molecule has 0 aliphatic carbocycles. The summed E-state index contributed by atoms with van der Waals surface area (Å²) in [5, 5.41) is 0.186. The summed E-state index contributed by atoms with van der Waals surface area (Å²) in [6.07, 6.45) is 0. The predicted molar refractivity (Wildman–Crippen MR) is 135 cm³/mol. The molecule has 0 spiro atoms. The molecule has 32 heavy (non-hydrogen) atoms. The van der Waals surface area contributed by atoms with Gasteiger partial charge in [0.1, 0.15) is 11.2 Å². The molecule has 6 aromatic rings. The first-order chi connectivity index (χ1) is 18.3. The summed E-state index contributed by atoms with van der Waals surface area (Å²) in [4.78, 5) is 0. The molecule has 1 aromatic heterocycles. The molecule has 0 radical (unpaired) electrons. The second kappa shape index (κ2) is 7.71. The monoisotopic (exact) mass is 436 g/mol. The zero-order valence-electron chi connectivity index (χ0n) is 22.8. The summed E-state index contributed by atoms with van der Waals surface area (Å²) in [5.41, 5.74) is 4.57. The highest BCUT2D eigenvalue weighted by atomic mass is 35.5. The summed E-state index contributed by atoms with van der Waals surface area (Å²) < 4.78 is 57.2. The Balaban J connectivity index is 1.79. The molecule has 1 heterocycles. The molecule has 1 nitrogen and oxygen atoms in total. The predicted octanol–water partition coefficient (Wildman–Crippen LogP) is 9.24. The largest absolute Gasteiger partial charge is 0.456 e. The van der Waals surface area contributed by atoms with E-state index in [4.69, 9.17) is 24.2 Å². The minimum atomic E-state index is -0.326. The SMILES string of the molecule is [2H]c1c([2H])c(-c2cc(-c3ccccc3)cc(-c3ccccc3)c2)c2c(oc3c([2H])c(Cl)c([2H])c([2H])c32)c1[2H]. The van der Waals surface area contributed by atoms with Gasteiger partial charge < -0.3 is 4.42 Å². The van der Waals surface area contributed by atoms with Crippen LogP contribution in [0.3, 0.4) is 0 Å². The lowest BCUT2D eigenvalue weighted by Gasteiger charge is -2.12. The quantitative estimate of drug-likeness (QED) is 0.269. The average Bonchev–Trinajstić information content (AvgIpc) is 3.35. The van der Waals surface area contributed by atoms with Gasteiger partial charge in [-0.2, -0.15) is 0 Å². The highest BCUT2D eigenvalue weighted by molar-refractivity contribution is 6.31. The number of hydrogen-bond donors (Lipinski definition) is 0. The molecular weight excluding hydrogens is 412 g/mol. The number of rotatable bonds is 3. The second-order valence-electron chi connectivity index (χ2n) is 7.48. The smallest absolute Gasteiger partial charge is 0.136 e. The highest BCUT2D eigenvalue weighted by Crippen LogP contribution is 2.40. The van der Waals surface area contributed by atoms with Crippen molar-refractivity contribution >= 4 is 33.5 Å². The first-order valence-corrected chi connectivity index (χ1v) is 10.5. The maximum Gasteiger partial charge on any atom is 0.136 e. The maximum atomic E-state index is 8.91. The highest BCUT2D eigenvalue weighted by Gasteiger charge is 2.14. The molecule has 0 bridgehead atoms. The molecule has 0 N–H and O–H groups in total. The fourth-order valence-corrected chi connectivity index (χ4v) is 4.14. The van der Waals surface area contributed by atoms with E-state index in [1.165, 1.54) is 0 Å². The lowest BCUT2D eigenvalue weighted by Crippen LogP contribution is -1.86. The van der Waals surface area contributed by atoms with E-state index < -0.39 is 0 Å². The number of benzene rings is 5. The van der Waals surface area contributed by atoms with Crippen LogP contribution in [0, 0.1) is 0 Å². The van der Waals surface area contributed by atoms with E-state index in [1.54, 1.807) is 0 Å². The Hall–Kier alpha value is -3.81. The van der Waals surface area contributed by atoms with Gasteiger partial charge in [0.25, 0.3) is 0 Å². The van der Waals surface area contributed by atoms with E-state index in [-0.39, 0.29) is 63.2 Å².